The predicted molar refractivity (Wildman–Crippen MR) is 122 cm³/mol. The molecule has 0 heterocycles. The van der Waals surface area contributed by atoms with Crippen molar-refractivity contribution in [2.45, 2.75) is 56.9 Å². The molecule has 7 nitrogen and oxygen atoms in total. The lowest BCUT2D eigenvalue weighted by Crippen LogP contribution is -2.65. The fourth-order valence-corrected chi connectivity index (χ4v) is 7.05. The lowest BCUT2D eigenvalue weighted by Gasteiger charge is -2.60. The second kappa shape index (κ2) is 8.50. The molecule has 0 aliphatic heterocycles. The Morgan fingerprint density at radius 2 is 1.81 bits per heavy atom. The minimum Gasteiger partial charge on any atom is -0.494 e. The highest BCUT2D eigenvalue weighted by molar-refractivity contribution is 7.80. The van der Waals surface area contributed by atoms with Gasteiger partial charge in [0.2, 0.25) is 5.91 Å². The van der Waals surface area contributed by atoms with Crippen LogP contribution >= 0.6 is 12.2 Å². The van der Waals surface area contributed by atoms with Crippen LogP contribution in [0, 0.1) is 17.8 Å². The normalized spacial score (nSPS) is 29.2. The molecule has 0 aromatic heterocycles. The third-order valence-electron chi connectivity index (χ3n) is 7.36. The van der Waals surface area contributed by atoms with Crippen LogP contribution in [0.5, 0.6) is 5.75 Å². The van der Waals surface area contributed by atoms with Gasteiger partial charge < -0.3 is 10.1 Å². The maximum atomic E-state index is 13.9. The summed E-state index contributed by atoms with van der Waals surface area (Å²) < 4.78 is 31.1. The minimum absolute atomic E-state index is 0.0549. The van der Waals surface area contributed by atoms with Crippen LogP contribution in [0.2, 0.25) is 0 Å². The molecule has 4 aliphatic rings. The van der Waals surface area contributed by atoms with Gasteiger partial charge in [0, 0.05) is 7.05 Å². The number of rotatable bonds is 5. The Morgan fingerprint density at radius 3 is 2.29 bits per heavy atom. The van der Waals surface area contributed by atoms with Gasteiger partial charge in [0.15, 0.2) is 5.11 Å². The van der Waals surface area contributed by atoms with Crippen molar-refractivity contribution >= 4 is 39.4 Å². The fourth-order valence-electron chi connectivity index (χ4n) is 6.46. The van der Waals surface area contributed by atoms with E-state index in [2.05, 4.69) is 9.68 Å². The summed E-state index contributed by atoms with van der Waals surface area (Å²) in [5.74, 6) is 1.82. The van der Waals surface area contributed by atoms with Gasteiger partial charge in [0.1, 0.15) is 11.4 Å². The van der Waals surface area contributed by atoms with Crippen molar-refractivity contribution in [3.05, 3.63) is 23.8 Å². The molecule has 4 saturated carbocycles. The number of thiocarbonyl (C=S) groups is 1. The fraction of sp³-hybridized carbons (Fsp3) is 0.636. The molecule has 4 bridgehead atoms. The van der Waals surface area contributed by atoms with E-state index in [9.17, 15) is 13.2 Å². The van der Waals surface area contributed by atoms with E-state index < -0.39 is 16.4 Å². The first-order valence-electron chi connectivity index (χ1n) is 10.8. The number of carbonyl (C=O) groups excluding carboxylic acids is 1. The number of carbonyl (C=O) groups is 1. The van der Waals surface area contributed by atoms with Crippen molar-refractivity contribution < 1.29 is 17.9 Å². The standard InChI is InChI=1S/C22H29N3O4S2/c1-13(17-4-5-19(29-3)18(9-17)24-31(27)28)20(26)25(21(30)23-2)22-10-14-6-15(11-22)8-16(7-14)12-22/h4-5,9,13-16H,6-8,10-12H2,1-3H3,(H,23,30). The van der Waals surface area contributed by atoms with Crippen LogP contribution in [0.25, 0.3) is 0 Å². The van der Waals surface area contributed by atoms with Gasteiger partial charge in [-0.25, -0.2) is 0 Å². The van der Waals surface area contributed by atoms with Crippen molar-refractivity contribution in [3.63, 3.8) is 0 Å². The number of nitrogens with one attached hydrogen (secondary N) is 1. The molecule has 1 atom stereocenters. The summed E-state index contributed by atoms with van der Waals surface area (Å²) in [5.41, 5.74) is 0.658. The van der Waals surface area contributed by atoms with Gasteiger partial charge in [0.25, 0.3) is 0 Å². The maximum absolute atomic E-state index is 13.9. The summed E-state index contributed by atoms with van der Waals surface area (Å²) in [6.45, 7) is 1.84. The maximum Gasteiger partial charge on any atom is 0.316 e. The first-order chi connectivity index (χ1) is 14.8. The van der Waals surface area contributed by atoms with Crippen LogP contribution in [0.3, 0.4) is 0 Å². The molecule has 4 fully saturated rings. The molecule has 168 valence electrons. The van der Waals surface area contributed by atoms with Crippen LogP contribution in [0.15, 0.2) is 22.6 Å². The highest BCUT2D eigenvalue weighted by atomic mass is 32.2. The number of ether oxygens (including phenoxy) is 1. The lowest BCUT2D eigenvalue weighted by molar-refractivity contribution is -0.142. The summed E-state index contributed by atoms with van der Waals surface area (Å²) >= 11 is 5.65. The van der Waals surface area contributed by atoms with Crippen LogP contribution < -0.4 is 10.1 Å². The molecule has 0 saturated heterocycles. The summed E-state index contributed by atoms with van der Waals surface area (Å²) in [5, 5.41) is 3.52. The van der Waals surface area contributed by atoms with Gasteiger partial charge in [-0.1, -0.05) is 6.07 Å². The quantitative estimate of drug-likeness (QED) is 0.669. The number of hydrogen-bond donors (Lipinski definition) is 1. The van der Waals surface area contributed by atoms with Gasteiger partial charge in [-0.05, 0) is 93.1 Å². The van der Waals surface area contributed by atoms with E-state index in [4.69, 9.17) is 17.0 Å². The molecule has 1 amide bonds. The monoisotopic (exact) mass is 463 g/mol. The Hall–Kier alpha value is -2.00. The number of methoxy groups -OCH3 is 1. The number of amides is 1. The van der Waals surface area contributed by atoms with Crippen molar-refractivity contribution in [1.82, 2.24) is 10.2 Å². The molecule has 1 aromatic rings. The summed E-state index contributed by atoms with van der Waals surface area (Å²) in [7, 11) is 0.604. The number of hydrogen-bond acceptors (Lipinski definition) is 6. The summed E-state index contributed by atoms with van der Waals surface area (Å²) in [6, 6.07) is 5.04. The molecule has 1 N–H and O–H groups in total. The largest absolute Gasteiger partial charge is 0.494 e. The number of nitrogens with zero attached hydrogens (tertiary/aromatic N) is 2. The zero-order chi connectivity index (χ0) is 22.3. The molecular formula is C22H29N3O4S2. The van der Waals surface area contributed by atoms with Crippen LogP contribution in [-0.4, -0.2) is 44.0 Å². The average Bonchev–Trinajstić information content (AvgIpc) is 2.71. The molecule has 0 spiro atoms. The molecule has 5 rings (SSSR count). The summed E-state index contributed by atoms with van der Waals surface area (Å²) in [4.78, 5) is 15.7. The summed E-state index contributed by atoms with van der Waals surface area (Å²) in [6.07, 6.45) is 6.86. The highest BCUT2D eigenvalue weighted by Crippen LogP contribution is 2.58. The Bertz CT molecular complexity index is 994. The van der Waals surface area contributed by atoms with Gasteiger partial charge in [-0.2, -0.15) is 8.42 Å². The van der Waals surface area contributed by atoms with Crippen molar-refractivity contribution in [3.8, 4) is 5.75 Å². The van der Waals surface area contributed by atoms with Crippen LogP contribution in [0.4, 0.5) is 5.69 Å². The third kappa shape index (κ3) is 4.09. The topological polar surface area (TPSA) is 88.1 Å². The van der Waals surface area contributed by atoms with Crippen LogP contribution in [0.1, 0.15) is 56.9 Å². The Morgan fingerprint density at radius 1 is 1.23 bits per heavy atom. The lowest BCUT2D eigenvalue weighted by atomic mass is 9.52. The van der Waals surface area contributed by atoms with Gasteiger partial charge in [-0.3, -0.25) is 9.69 Å². The van der Waals surface area contributed by atoms with Gasteiger partial charge >= 0.3 is 10.5 Å². The minimum atomic E-state index is -2.62. The molecule has 4 aliphatic carbocycles. The SMILES string of the molecule is CNC(=S)N(C(=O)C(C)c1ccc(OC)c(N=S(=O)=O)c1)C12CC3CC(CC(C3)C1)C2. The first-order valence-corrected chi connectivity index (χ1v) is 12.2. The van der Waals surface area contributed by atoms with E-state index in [-0.39, 0.29) is 17.1 Å². The Balaban J connectivity index is 1.69. The zero-order valence-corrected chi connectivity index (χ0v) is 19.8. The second-order valence-corrected chi connectivity index (χ2v) is 10.3. The van der Waals surface area contributed by atoms with E-state index in [0.717, 1.165) is 19.3 Å². The molecule has 1 aromatic carbocycles. The Kier molecular flexibility index (Phi) is 6.09. The second-order valence-electron chi connectivity index (χ2n) is 9.33. The van der Waals surface area contributed by atoms with Crippen molar-refractivity contribution in [2.24, 2.45) is 22.1 Å². The smallest absolute Gasteiger partial charge is 0.316 e. The zero-order valence-electron chi connectivity index (χ0n) is 18.1. The van der Waals surface area contributed by atoms with Crippen molar-refractivity contribution in [2.75, 3.05) is 14.2 Å². The third-order valence-corrected chi connectivity index (χ3v) is 8.10. The van der Waals surface area contributed by atoms with E-state index in [0.29, 0.717) is 34.2 Å². The van der Waals surface area contributed by atoms with E-state index in [1.807, 2.05) is 11.8 Å². The average molecular weight is 464 g/mol. The van der Waals surface area contributed by atoms with Gasteiger partial charge in [-0.15, -0.1) is 4.36 Å². The highest BCUT2D eigenvalue weighted by Gasteiger charge is 2.56. The molecular weight excluding hydrogens is 434 g/mol. The first kappa shape index (κ1) is 22.2. The number of benzene rings is 1. The molecule has 31 heavy (non-hydrogen) atoms. The molecule has 0 radical (unpaired) electrons. The van der Waals surface area contributed by atoms with Crippen molar-refractivity contribution in [1.29, 1.82) is 0 Å². The molecule has 1 unspecified atom stereocenters. The Labute approximate surface area is 190 Å². The van der Waals surface area contributed by atoms with E-state index in [1.165, 1.54) is 26.4 Å². The van der Waals surface area contributed by atoms with Crippen LogP contribution in [-0.2, 0) is 15.3 Å². The van der Waals surface area contributed by atoms with E-state index >= 15 is 0 Å². The van der Waals surface area contributed by atoms with E-state index in [1.54, 1.807) is 25.2 Å². The molecule has 9 heteroatoms. The predicted octanol–water partition coefficient (Wildman–Crippen LogP) is 3.79. The van der Waals surface area contributed by atoms with Gasteiger partial charge in [0.05, 0.1) is 18.6 Å².